The van der Waals surface area contributed by atoms with Gasteiger partial charge in [0.05, 0.1) is 21.1 Å². The summed E-state index contributed by atoms with van der Waals surface area (Å²) in [7, 11) is 0. The molecule has 2 aromatic rings. The van der Waals surface area contributed by atoms with E-state index in [4.69, 9.17) is 27.9 Å². The number of halogens is 3. The molecule has 1 aromatic heterocycles. The zero-order chi connectivity index (χ0) is 11.8. The van der Waals surface area contributed by atoms with Gasteiger partial charge in [0.1, 0.15) is 11.9 Å². The summed E-state index contributed by atoms with van der Waals surface area (Å²) in [6.07, 6.45) is 3.41. The minimum atomic E-state index is 0. The number of rotatable bonds is 1. The summed E-state index contributed by atoms with van der Waals surface area (Å²) in [6, 6.07) is 3.58. The van der Waals surface area contributed by atoms with Gasteiger partial charge in [-0.15, -0.1) is 12.4 Å². The molecule has 2 heterocycles. The Labute approximate surface area is 121 Å². The van der Waals surface area contributed by atoms with Gasteiger partial charge < -0.3 is 9.72 Å². The lowest BCUT2D eigenvalue weighted by molar-refractivity contribution is 0.0101. The zero-order valence-corrected chi connectivity index (χ0v) is 11.9. The molecule has 0 spiro atoms. The molecule has 0 radical (unpaired) electrons. The maximum absolute atomic E-state index is 5.97. The quantitative estimate of drug-likeness (QED) is 0.840. The molecule has 1 aliphatic rings. The molecule has 98 valence electrons. The average Bonchev–Trinajstić information content (AvgIpc) is 2.74. The summed E-state index contributed by atoms with van der Waals surface area (Å²) in [5.74, 6) is 0.873. The number of ether oxygens (including phenoxy) is 1. The molecule has 0 saturated carbocycles. The first-order valence-electron chi connectivity index (χ1n) is 5.70. The van der Waals surface area contributed by atoms with Crippen LogP contribution in [-0.4, -0.2) is 16.6 Å². The minimum absolute atomic E-state index is 0. The van der Waals surface area contributed by atoms with Crippen molar-refractivity contribution in [1.82, 2.24) is 9.97 Å². The van der Waals surface area contributed by atoms with Crippen LogP contribution in [0.5, 0.6) is 0 Å². The normalized spacial score (nSPS) is 19.8. The van der Waals surface area contributed by atoms with Crippen molar-refractivity contribution < 1.29 is 4.74 Å². The highest BCUT2D eigenvalue weighted by molar-refractivity contribution is 6.42. The molecule has 1 aromatic carbocycles. The maximum atomic E-state index is 5.97. The van der Waals surface area contributed by atoms with Crippen molar-refractivity contribution in [3.05, 3.63) is 28.0 Å². The number of aromatic nitrogens is 2. The molecule has 1 fully saturated rings. The predicted molar refractivity (Wildman–Crippen MR) is 75.9 cm³/mol. The summed E-state index contributed by atoms with van der Waals surface area (Å²) < 4.78 is 5.69. The summed E-state index contributed by atoms with van der Waals surface area (Å²) >= 11 is 11.9. The number of imidazole rings is 1. The van der Waals surface area contributed by atoms with Crippen LogP contribution >= 0.6 is 35.6 Å². The van der Waals surface area contributed by atoms with Gasteiger partial charge in [-0.3, -0.25) is 0 Å². The van der Waals surface area contributed by atoms with E-state index < -0.39 is 0 Å². The number of hydrogen-bond donors (Lipinski definition) is 1. The Morgan fingerprint density at radius 3 is 2.72 bits per heavy atom. The SMILES string of the molecule is Cl.Clc1cc2nc(C3CCCCO3)[nH]c2cc1Cl. The third-order valence-electron chi connectivity index (χ3n) is 3.03. The number of nitrogens with one attached hydrogen (secondary N) is 1. The molecule has 3 rings (SSSR count). The second-order valence-electron chi connectivity index (χ2n) is 4.26. The van der Waals surface area contributed by atoms with Crippen LogP contribution in [-0.2, 0) is 4.74 Å². The monoisotopic (exact) mass is 306 g/mol. The van der Waals surface area contributed by atoms with E-state index in [2.05, 4.69) is 9.97 Å². The van der Waals surface area contributed by atoms with Gasteiger partial charge >= 0.3 is 0 Å². The highest BCUT2D eigenvalue weighted by Crippen LogP contribution is 2.30. The Hall–Kier alpha value is -0.480. The van der Waals surface area contributed by atoms with Gasteiger partial charge in [-0.1, -0.05) is 23.2 Å². The molecule has 3 nitrogen and oxygen atoms in total. The van der Waals surface area contributed by atoms with Crippen molar-refractivity contribution in [3.63, 3.8) is 0 Å². The topological polar surface area (TPSA) is 37.9 Å². The lowest BCUT2D eigenvalue weighted by Gasteiger charge is -2.20. The Balaban J connectivity index is 0.00000120. The fourth-order valence-corrected chi connectivity index (χ4v) is 2.46. The second kappa shape index (κ2) is 5.66. The largest absolute Gasteiger partial charge is 0.370 e. The van der Waals surface area contributed by atoms with Crippen LogP contribution in [0.2, 0.25) is 10.0 Å². The number of fused-ring (bicyclic) bond motifs is 1. The molecule has 1 aliphatic heterocycles. The van der Waals surface area contributed by atoms with E-state index >= 15 is 0 Å². The first-order chi connectivity index (χ1) is 8.24. The average molecular weight is 308 g/mol. The maximum Gasteiger partial charge on any atom is 0.136 e. The molecular weight excluding hydrogens is 295 g/mol. The zero-order valence-electron chi connectivity index (χ0n) is 9.58. The third-order valence-corrected chi connectivity index (χ3v) is 3.75. The van der Waals surface area contributed by atoms with Crippen LogP contribution in [0.25, 0.3) is 11.0 Å². The van der Waals surface area contributed by atoms with Crippen LogP contribution < -0.4 is 0 Å². The molecule has 1 saturated heterocycles. The van der Waals surface area contributed by atoms with E-state index in [-0.39, 0.29) is 18.5 Å². The van der Waals surface area contributed by atoms with Gasteiger partial charge in [-0.2, -0.15) is 0 Å². The van der Waals surface area contributed by atoms with E-state index in [1.54, 1.807) is 12.1 Å². The van der Waals surface area contributed by atoms with Crippen LogP contribution in [0.4, 0.5) is 0 Å². The molecule has 1 atom stereocenters. The number of aromatic amines is 1. The smallest absolute Gasteiger partial charge is 0.136 e. The van der Waals surface area contributed by atoms with Crippen LogP contribution in [0, 0.1) is 0 Å². The number of benzene rings is 1. The summed E-state index contributed by atoms with van der Waals surface area (Å²) in [6.45, 7) is 0.809. The minimum Gasteiger partial charge on any atom is -0.370 e. The molecule has 0 aliphatic carbocycles. The van der Waals surface area contributed by atoms with Crippen LogP contribution in [0.3, 0.4) is 0 Å². The summed E-state index contributed by atoms with van der Waals surface area (Å²) in [4.78, 5) is 7.77. The van der Waals surface area contributed by atoms with Gasteiger partial charge in [0.25, 0.3) is 0 Å². The van der Waals surface area contributed by atoms with Crippen molar-refractivity contribution in [2.45, 2.75) is 25.4 Å². The van der Waals surface area contributed by atoms with E-state index in [1.807, 2.05) is 0 Å². The Morgan fingerprint density at radius 1 is 1.22 bits per heavy atom. The van der Waals surface area contributed by atoms with E-state index in [1.165, 1.54) is 6.42 Å². The fourth-order valence-electron chi connectivity index (χ4n) is 2.13. The highest BCUT2D eigenvalue weighted by Gasteiger charge is 2.19. The molecule has 18 heavy (non-hydrogen) atoms. The van der Waals surface area contributed by atoms with E-state index in [0.29, 0.717) is 10.0 Å². The first-order valence-corrected chi connectivity index (χ1v) is 6.46. The number of nitrogens with zero attached hydrogens (tertiary/aromatic N) is 1. The Kier molecular flexibility index (Phi) is 4.38. The lowest BCUT2D eigenvalue weighted by Crippen LogP contribution is -2.12. The van der Waals surface area contributed by atoms with Gasteiger partial charge in [0.2, 0.25) is 0 Å². The van der Waals surface area contributed by atoms with Crippen LogP contribution in [0.15, 0.2) is 12.1 Å². The van der Waals surface area contributed by atoms with Gasteiger partial charge in [0, 0.05) is 6.61 Å². The van der Waals surface area contributed by atoms with Crippen molar-refractivity contribution >= 4 is 46.6 Å². The summed E-state index contributed by atoms with van der Waals surface area (Å²) in [5.41, 5.74) is 1.74. The van der Waals surface area contributed by atoms with Gasteiger partial charge in [0.15, 0.2) is 0 Å². The molecule has 0 amide bonds. The standard InChI is InChI=1S/C12H12Cl2N2O.ClH/c13-7-5-9-10(6-8(7)14)16-12(15-9)11-3-1-2-4-17-11;/h5-6,11H,1-4H2,(H,15,16);1H. The Morgan fingerprint density at radius 2 is 2.00 bits per heavy atom. The first kappa shape index (κ1) is 13.9. The Bertz CT molecular complexity index is 510. The van der Waals surface area contributed by atoms with E-state index in [9.17, 15) is 0 Å². The summed E-state index contributed by atoms with van der Waals surface area (Å²) in [5, 5.41) is 1.07. The molecule has 0 bridgehead atoms. The molecular formula is C12H13Cl3N2O. The third kappa shape index (κ3) is 2.59. The van der Waals surface area contributed by atoms with E-state index in [0.717, 1.165) is 36.3 Å². The van der Waals surface area contributed by atoms with Crippen molar-refractivity contribution in [3.8, 4) is 0 Å². The lowest BCUT2D eigenvalue weighted by atomic mass is 10.1. The molecule has 6 heteroatoms. The number of H-pyrrole nitrogens is 1. The molecule has 1 N–H and O–H groups in total. The highest BCUT2D eigenvalue weighted by atomic mass is 35.5. The second-order valence-corrected chi connectivity index (χ2v) is 5.08. The molecule has 1 unspecified atom stereocenters. The van der Waals surface area contributed by atoms with Gasteiger partial charge in [-0.05, 0) is 31.4 Å². The van der Waals surface area contributed by atoms with Crippen molar-refractivity contribution in [1.29, 1.82) is 0 Å². The van der Waals surface area contributed by atoms with Crippen molar-refractivity contribution in [2.24, 2.45) is 0 Å². The van der Waals surface area contributed by atoms with Crippen LogP contribution in [0.1, 0.15) is 31.2 Å². The fraction of sp³-hybridized carbons (Fsp3) is 0.417. The van der Waals surface area contributed by atoms with Gasteiger partial charge in [-0.25, -0.2) is 4.98 Å². The predicted octanol–water partition coefficient (Wildman–Crippen LogP) is 4.53. The number of hydrogen-bond acceptors (Lipinski definition) is 2. The van der Waals surface area contributed by atoms with Crippen molar-refractivity contribution in [2.75, 3.05) is 6.61 Å².